The van der Waals surface area contributed by atoms with Crippen LogP contribution in [0.2, 0.25) is 0 Å². The number of nitrogens with zero attached hydrogens (tertiary/aromatic N) is 2. The van der Waals surface area contributed by atoms with Gasteiger partial charge >= 0.3 is 6.18 Å². The molecule has 0 aromatic heterocycles. The van der Waals surface area contributed by atoms with E-state index in [1.807, 2.05) is 18.7 Å². The molecule has 1 aromatic carbocycles. The average molecular weight is 303 g/mol. The van der Waals surface area contributed by atoms with E-state index in [0.717, 1.165) is 18.7 Å². The molecule has 0 aliphatic carbocycles. The Labute approximate surface area is 122 Å². The van der Waals surface area contributed by atoms with Crippen LogP contribution in [-0.4, -0.2) is 36.7 Å². The molecule has 0 fully saturated rings. The lowest BCUT2D eigenvalue weighted by molar-refractivity contribution is -0.153. The first kappa shape index (κ1) is 17.1. The normalized spacial score (nSPS) is 12.3. The number of guanidine groups is 1. The zero-order valence-electron chi connectivity index (χ0n) is 12.2. The van der Waals surface area contributed by atoms with Crippen molar-refractivity contribution in [3.8, 4) is 5.75 Å². The lowest BCUT2D eigenvalue weighted by Gasteiger charge is -2.19. The molecule has 1 aromatic rings. The van der Waals surface area contributed by atoms with Gasteiger partial charge in [0.1, 0.15) is 5.75 Å². The standard InChI is InChI=1S/C14H20F3N3O/c1-3-20(4-2)13(18)19-9-11-6-5-7-12(8-11)21-10-14(15,16)17/h5-8H,3-4,9-10H2,1-2H3,(H2,18,19). The van der Waals surface area contributed by atoms with E-state index < -0.39 is 12.8 Å². The van der Waals surface area contributed by atoms with Gasteiger partial charge in [0, 0.05) is 13.1 Å². The highest BCUT2D eigenvalue weighted by atomic mass is 19.4. The predicted molar refractivity (Wildman–Crippen MR) is 76.2 cm³/mol. The van der Waals surface area contributed by atoms with Gasteiger partial charge in [-0.1, -0.05) is 12.1 Å². The summed E-state index contributed by atoms with van der Waals surface area (Å²) in [6.45, 7) is 4.43. The largest absolute Gasteiger partial charge is 0.484 e. The summed E-state index contributed by atoms with van der Waals surface area (Å²) in [7, 11) is 0. The number of benzene rings is 1. The van der Waals surface area contributed by atoms with Gasteiger partial charge in [-0.15, -0.1) is 0 Å². The first-order valence-electron chi connectivity index (χ1n) is 6.69. The summed E-state index contributed by atoms with van der Waals surface area (Å²) in [5, 5.41) is 0. The van der Waals surface area contributed by atoms with Crippen molar-refractivity contribution in [3.05, 3.63) is 29.8 Å². The van der Waals surface area contributed by atoms with E-state index >= 15 is 0 Å². The minimum atomic E-state index is -4.35. The minimum Gasteiger partial charge on any atom is -0.484 e. The molecular weight excluding hydrogens is 283 g/mol. The van der Waals surface area contributed by atoms with Gasteiger partial charge in [-0.2, -0.15) is 13.2 Å². The topological polar surface area (TPSA) is 50.8 Å². The maximum atomic E-state index is 12.1. The second-order valence-corrected chi connectivity index (χ2v) is 4.40. The Balaban J connectivity index is 2.66. The molecule has 0 aliphatic heterocycles. The van der Waals surface area contributed by atoms with Crippen LogP contribution in [0.1, 0.15) is 19.4 Å². The smallest absolute Gasteiger partial charge is 0.422 e. The van der Waals surface area contributed by atoms with E-state index in [1.165, 1.54) is 12.1 Å². The van der Waals surface area contributed by atoms with Crippen LogP contribution in [0.15, 0.2) is 29.3 Å². The summed E-state index contributed by atoms with van der Waals surface area (Å²) < 4.78 is 41.0. The van der Waals surface area contributed by atoms with Crippen molar-refractivity contribution in [2.75, 3.05) is 19.7 Å². The third kappa shape index (κ3) is 6.37. The fourth-order valence-electron chi connectivity index (χ4n) is 1.72. The Bertz CT molecular complexity index is 471. The Morgan fingerprint density at radius 2 is 1.95 bits per heavy atom. The molecule has 0 saturated heterocycles. The fraction of sp³-hybridized carbons (Fsp3) is 0.500. The molecule has 0 aliphatic rings. The van der Waals surface area contributed by atoms with Crippen molar-refractivity contribution in [1.82, 2.24) is 4.90 Å². The lowest BCUT2D eigenvalue weighted by Crippen LogP contribution is -2.37. The van der Waals surface area contributed by atoms with Gasteiger partial charge in [-0.3, -0.25) is 0 Å². The molecule has 1 rings (SSSR count). The monoisotopic (exact) mass is 303 g/mol. The van der Waals surface area contributed by atoms with Crippen molar-refractivity contribution in [1.29, 1.82) is 0 Å². The molecule has 0 bridgehead atoms. The van der Waals surface area contributed by atoms with Gasteiger partial charge in [-0.05, 0) is 31.5 Å². The summed E-state index contributed by atoms with van der Waals surface area (Å²) >= 11 is 0. The average Bonchev–Trinajstić information content (AvgIpc) is 2.44. The van der Waals surface area contributed by atoms with Crippen molar-refractivity contribution in [2.24, 2.45) is 10.7 Å². The SMILES string of the molecule is CCN(CC)C(N)=NCc1cccc(OCC(F)(F)F)c1. The Kier molecular flexibility index (Phi) is 6.33. The van der Waals surface area contributed by atoms with Gasteiger partial charge in [0.05, 0.1) is 6.54 Å². The number of alkyl halides is 3. The van der Waals surface area contributed by atoms with E-state index in [0.29, 0.717) is 12.5 Å². The van der Waals surface area contributed by atoms with E-state index in [-0.39, 0.29) is 5.75 Å². The lowest BCUT2D eigenvalue weighted by atomic mass is 10.2. The van der Waals surface area contributed by atoms with Crippen LogP contribution in [0.25, 0.3) is 0 Å². The molecule has 0 atom stereocenters. The third-order valence-electron chi connectivity index (χ3n) is 2.81. The van der Waals surface area contributed by atoms with Gasteiger partial charge in [0.25, 0.3) is 0 Å². The second kappa shape index (κ2) is 7.75. The molecule has 0 heterocycles. The molecule has 0 spiro atoms. The van der Waals surface area contributed by atoms with Crippen molar-refractivity contribution >= 4 is 5.96 Å². The van der Waals surface area contributed by atoms with Crippen LogP contribution in [0.3, 0.4) is 0 Å². The van der Waals surface area contributed by atoms with Crippen LogP contribution >= 0.6 is 0 Å². The zero-order valence-corrected chi connectivity index (χ0v) is 12.2. The molecular formula is C14H20F3N3O. The van der Waals surface area contributed by atoms with E-state index in [2.05, 4.69) is 4.99 Å². The van der Waals surface area contributed by atoms with Crippen LogP contribution in [-0.2, 0) is 6.54 Å². The summed E-state index contributed by atoms with van der Waals surface area (Å²) in [5.41, 5.74) is 6.58. The second-order valence-electron chi connectivity index (χ2n) is 4.40. The van der Waals surface area contributed by atoms with E-state index in [4.69, 9.17) is 10.5 Å². The number of hydrogen-bond donors (Lipinski definition) is 1. The number of rotatable bonds is 6. The number of nitrogens with two attached hydrogens (primary N) is 1. The molecule has 2 N–H and O–H groups in total. The molecule has 21 heavy (non-hydrogen) atoms. The quantitative estimate of drug-likeness (QED) is 0.649. The van der Waals surface area contributed by atoms with Gasteiger partial charge in [0.2, 0.25) is 0 Å². The summed E-state index contributed by atoms with van der Waals surface area (Å²) in [5.74, 6) is 0.586. The van der Waals surface area contributed by atoms with E-state index in [1.54, 1.807) is 12.1 Å². The van der Waals surface area contributed by atoms with Gasteiger partial charge < -0.3 is 15.4 Å². The minimum absolute atomic E-state index is 0.168. The van der Waals surface area contributed by atoms with Crippen molar-refractivity contribution < 1.29 is 17.9 Å². The number of aliphatic imine (C=N–C) groups is 1. The van der Waals surface area contributed by atoms with Crippen molar-refractivity contribution in [3.63, 3.8) is 0 Å². The molecule has 0 saturated carbocycles. The van der Waals surface area contributed by atoms with Crippen LogP contribution in [0.4, 0.5) is 13.2 Å². The molecule has 0 radical (unpaired) electrons. The first-order valence-corrected chi connectivity index (χ1v) is 6.69. The van der Waals surface area contributed by atoms with Crippen LogP contribution < -0.4 is 10.5 Å². The first-order chi connectivity index (χ1) is 9.85. The molecule has 118 valence electrons. The Morgan fingerprint density at radius 1 is 1.29 bits per heavy atom. The predicted octanol–water partition coefficient (Wildman–Crippen LogP) is 2.78. The third-order valence-corrected chi connectivity index (χ3v) is 2.81. The molecule has 0 amide bonds. The highest BCUT2D eigenvalue weighted by Crippen LogP contribution is 2.19. The maximum absolute atomic E-state index is 12.1. The Morgan fingerprint density at radius 3 is 2.52 bits per heavy atom. The van der Waals surface area contributed by atoms with Crippen molar-refractivity contribution in [2.45, 2.75) is 26.6 Å². The van der Waals surface area contributed by atoms with Crippen LogP contribution in [0, 0.1) is 0 Å². The fourth-order valence-corrected chi connectivity index (χ4v) is 1.72. The summed E-state index contributed by atoms with van der Waals surface area (Å²) in [6.07, 6.45) is -4.35. The number of halogens is 3. The number of ether oxygens (including phenoxy) is 1. The summed E-state index contributed by atoms with van der Waals surface area (Å²) in [6, 6.07) is 6.40. The van der Waals surface area contributed by atoms with Gasteiger partial charge in [-0.25, -0.2) is 4.99 Å². The number of hydrogen-bond acceptors (Lipinski definition) is 2. The maximum Gasteiger partial charge on any atom is 0.422 e. The van der Waals surface area contributed by atoms with Crippen LogP contribution in [0.5, 0.6) is 5.75 Å². The molecule has 4 nitrogen and oxygen atoms in total. The zero-order chi connectivity index (χ0) is 15.9. The summed E-state index contributed by atoms with van der Waals surface area (Å²) in [4.78, 5) is 6.12. The van der Waals surface area contributed by atoms with E-state index in [9.17, 15) is 13.2 Å². The Hall–Kier alpha value is -1.92. The highest BCUT2D eigenvalue weighted by molar-refractivity contribution is 5.78. The molecule has 0 unspecified atom stereocenters. The van der Waals surface area contributed by atoms with Gasteiger partial charge in [0.15, 0.2) is 12.6 Å². The highest BCUT2D eigenvalue weighted by Gasteiger charge is 2.28. The molecule has 7 heteroatoms.